The van der Waals surface area contributed by atoms with Crippen molar-refractivity contribution in [1.29, 1.82) is 0 Å². The number of aromatic nitrogens is 1. The highest BCUT2D eigenvalue weighted by Crippen LogP contribution is 2.24. The number of rotatable bonds is 4. The van der Waals surface area contributed by atoms with Crippen LogP contribution in [0.4, 0.5) is 4.79 Å². The highest BCUT2D eigenvalue weighted by Gasteiger charge is 2.21. The number of carbonyl (C=O) groups excluding carboxylic acids is 1. The Hall–Kier alpha value is -1.40. The van der Waals surface area contributed by atoms with E-state index in [0.717, 1.165) is 27.2 Å². The Labute approximate surface area is 129 Å². The number of carbonyl (C=O) groups is 1. The minimum Gasteiger partial charge on any atom is -0.448 e. The van der Waals surface area contributed by atoms with Crippen LogP contribution in [0.1, 0.15) is 5.01 Å². The molecule has 0 unspecified atom stereocenters. The summed E-state index contributed by atoms with van der Waals surface area (Å²) in [5, 5.41) is 3.10. The predicted molar refractivity (Wildman–Crippen MR) is 81.9 cm³/mol. The van der Waals surface area contributed by atoms with E-state index in [1.54, 1.807) is 16.2 Å². The van der Waals surface area contributed by atoms with Gasteiger partial charge in [-0.15, -0.1) is 11.3 Å². The summed E-state index contributed by atoms with van der Waals surface area (Å²) < 4.78 is 5.96. The molecular weight excluding hydrogens is 340 g/mol. The van der Waals surface area contributed by atoms with Crippen LogP contribution in [0.2, 0.25) is 0 Å². The van der Waals surface area contributed by atoms with Gasteiger partial charge in [0.2, 0.25) is 0 Å². The van der Waals surface area contributed by atoms with Gasteiger partial charge in [0.1, 0.15) is 6.61 Å². The van der Waals surface area contributed by atoms with Crippen LogP contribution in [0.5, 0.6) is 0 Å². The Morgan fingerprint density at radius 3 is 2.85 bits per heavy atom. The second kappa shape index (κ2) is 5.93. The fourth-order valence-electron chi connectivity index (χ4n) is 2.04. The molecule has 1 aromatic carbocycles. The summed E-state index contributed by atoms with van der Waals surface area (Å²) in [6, 6.07) is 8.10. The SMILES string of the molecule is O=C1OCCN1CCc1nc(-c2ccc(Br)cc2)cs1. The van der Waals surface area contributed by atoms with Crippen molar-refractivity contribution in [1.82, 2.24) is 9.88 Å². The van der Waals surface area contributed by atoms with Crippen LogP contribution in [-0.2, 0) is 11.2 Å². The third kappa shape index (κ3) is 3.02. The molecule has 20 heavy (non-hydrogen) atoms. The molecule has 0 bridgehead atoms. The van der Waals surface area contributed by atoms with Crippen molar-refractivity contribution in [2.45, 2.75) is 6.42 Å². The predicted octanol–water partition coefficient (Wildman–Crippen LogP) is 3.57. The van der Waals surface area contributed by atoms with Crippen LogP contribution in [0.15, 0.2) is 34.1 Å². The fraction of sp³-hybridized carbons (Fsp3) is 0.286. The van der Waals surface area contributed by atoms with E-state index in [9.17, 15) is 4.79 Å². The van der Waals surface area contributed by atoms with E-state index in [0.29, 0.717) is 19.7 Å². The zero-order valence-electron chi connectivity index (χ0n) is 10.7. The van der Waals surface area contributed by atoms with Gasteiger partial charge in [0, 0.05) is 28.4 Å². The maximum Gasteiger partial charge on any atom is 0.409 e. The minimum atomic E-state index is -0.213. The van der Waals surface area contributed by atoms with Crippen LogP contribution >= 0.6 is 27.3 Å². The standard InChI is InChI=1S/C14H13BrN2O2S/c15-11-3-1-10(2-4-11)12-9-20-13(16-12)5-6-17-7-8-19-14(17)18/h1-4,9H,5-8H2. The summed E-state index contributed by atoms with van der Waals surface area (Å²) in [4.78, 5) is 17.7. The van der Waals surface area contributed by atoms with Crippen molar-refractivity contribution in [2.75, 3.05) is 19.7 Å². The van der Waals surface area contributed by atoms with E-state index >= 15 is 0 Å². The van der Waals surface area contributed by atoms with Crippen molar-refractivity contribution in [2.24, 2.45) is 0 Å². The van der Waals surface area contributed by atoms with Crippen molar-refractivity contribution in [3.63, 3.8) is 0 Å². The topological polar surface area (TPSA) is 42.4 Å². The van der Waals surface area contributed by atoms with Gasteiger partial charge in [0.15, 0.2) is 0 Å². The van der Waals surface area contributed by atoms with Crippen LogP contribution in [0, 0.1) is 0 Å². The fourth-order valence-corrected chi connectivity index (χ4v) is 3.10. The van der Waals surface area contributed by atoms with Gasteiger partial charge in [0.25, 0.3) is 0 Å². The molecule has 1 amide bonds. The Balaban J connectivity index is 1.64. The van der Waals surface area contributed by atoms with E-state index in [1.807, 2.05) is 24.3 Å². The van der Waals surface area contributed by atoms with E-state index in [-0.39, 0.29) is 6.09 Å². The van der Waals surface area contributed by atoms with Gasteiger partial charge >= 0.3 is 6.09 Å². The molecule has 0 N–H and O–H groups in total. The van der Waals surface area contributed by atoms with Gasteiger partial charge in [-0.05, 0) is 12.1 Å². The summed E-state index contributed by atoms with van der Waals surface area (Å²) in [7, 11) is 0. The molecule has 1 aromatic heterocycles. The first kappa shape index (κ1) is 13.6. The Bertz CT molecular complexity index is 612. The van der Waals surface area contributed by atoms with Crippen molar-refractivity contribution in [3.05, 3.63) is 39.1 Å². The van der Waals surface area contributed by atoms with Gasteiger partial charge in [-0.3, -0.25) is 0 Å². The average molecular weight is 353 g/mol. The second-order valence-corrected chi connectivity index (χ2v) is 6.34. The Morgan fingerprint density at radius 2 is 2.15 bits per heavy atom. The molecule has 1 aliphatic rings. The lowest BCUT2D eigenvalue weighted by Crippen LogP contribution is -2.26. The van der Waals surface area contributed by atoms with Crippen molar-refractivity contribution < 1.29 is 9.53 Å². The monoisotopic (exact) mass is 352 g/mol. The number of cyclic esters (lactones) is 1. The third-order valence-electron chi connectivity index (χ3n) is 3.13. The van der Waals surface area contributed by atoms with Gasteiger partial charge in [0.05, 0.1) is 17.2 Å². The molecule has 0 saturated carbocycles. The van der Waals surface area contributed by atoms with Gasteiger partial charge in [-0.1, -0.05) is 28.1 Å². The molecule has 6 heteroatoms. The zero-order valence-corrected chi connectivity index (χ0v) is 13.1. The number of benzene rings is 1. The normalized spacial score (nSPS) is 14.7. The van der Waals surface area contributed by atoms with Crippen LogP contribution in [-0.4, -0.2) is 35.7 Å². The average Bonchev–Trinajstić information content (AvgIpc) is 3.06. The lowest BCUT2D eigenvalue weighted by molar-refractivity contribution is 0.159. The van der Waals surface area contributed by atoms with Crippen molar-refractivity contribution in [3.8, 4) is 11.3 Å². The summed E-state index contributed by atoms with van der Waals surface area (Å²) in [6.07, 6.45) is 0.561. The molecular formula is C14H13BrN2O2S. The van der Waals surface area contributed by atoms with Crippen LogP contribution in [0.3, 0.4) is 0 Å². The molecule has 0 spiro atoms. The Morgan fingerprint density at radius 1 is 1.35 bits per heavy atom. The molecule has 0 radical (unpaired) electrons. The first-order valence-electron chi connectivity index (χ1n) is 6.34. The van der Waals surface area contributed by atoms with E-state index in [1.165, 1.54) is 0 Å². The number of hydrogen-bond acceptors (Lipinski definition) is 4. The molecule has 4 nitrogen and oxygen atoms in total. The highest BCUT2D eigenvalue weighted by molar-refractivity contribution is 9.10. The molecule has 2 aromatic rings. The van der Waals surface area contributed by atoms with Crippen molar-refractivity contribution >= 4 is 33.4 Å². The third-order valence-corrected chi connectivity index (χ3v) is 4.57. The van der Waals surface area contributed by atoms with E-state index in [2.05, 4.69) is 26.3 Å². The number of hydrogen-bond donors (Lipinski definition) is 0. The van der Waals surface area contributed by atoms with Crippen LogP contribution < -0.4 is 0 Å². The highest BCUT2D eigenvalue weighted by atomic mass is 79.9. The molecule has 1 aliphatic heterocycles. The summed E-state index contributed by atoms with van der Waals surface area (Å²) >= 11 is 5.06. The second-order valence-electron chi connectivity index (χ2n) is 4.48. The lowest BCUT2D eigenvalue weighted by Gasteiger charge is -2.10. The lowest BCUT2D eigenvalue weighted by atomic mass is 10.2. The largest absolute Gasteiger partial charge is 0.448 e. The van der Waals surface area contributed by atoms with E-state index < -0.39 is 0 Å². The summed E-state index contributed by atoms with van der Waals surface area (Å²) in [5.74, 6) is 0. The molecule has 0 atom stereocenters. The maximum absolute atomic E-state index is 11.3. The molecule has 0 aliphatic carbocycles. The summed E-state index contributed by atoms with van der Waals surface area (Å²) in [6.45, 7) is 1.86. The number of ether oxygens (including phenoxy) is 1. The number of amides is 1. The number of halogens is 1. The van der Waals surface area contributed by atoms with Crippen LogP contribution in [0.25, 0.3) is 11.3 Å². The zero-order chi connectivity index (χ0) is 13.9. The molecule has 1 saturated heterocycles. The quantitative estimate of drug-likeness (QED) is 0.844. The molecule has 104 valence electrons. The first-order valence-corrected chi connectivity index (χ1v) is 8.02. The smallest absolute Gasteiger partial charge is 0.409 e. The first-order chi connectivity index (χ1) is 9.72. The molecule has 2 heterocycles. The van der Waals surface area contributed by atoms with E-state index in [4.69, 9.17) is 4.74 Å². The maximum atomic E-state index is 11.3. The van der Waals surface area contributed by atoms with Gasteiger partial charge < -0.3 is 9.64 Å². The number of nitrogens with zero attached hydrogens (tertiary/aromatic N) is 2. The van der Waals surface area contributed by atoms with Gasteiger partial charge in [-0.2, -0.15) is 0 Å². The van der Waals surface area contributed by atoms with Gasteiger partial charge in [-0.25, -0.2) is 9.78 Å². The Kier molecular flexibility index (Phi) is 4.03. The number of thiazole rings is 1. The molecule has 3 rings (SSSR count). The minimum absolute atomic E-state index is 0.213. The molecule has 1 fully saturated rings. The summed E-state index contributed by atoms with van der Waals surface area (Å²) in [5.41, 5.74) is 2.10.